The highest BCUT2D eigenvalue weighted by atomic mass is 16.5. The lowest BCUT2D eigenvalue weighted by atomic mass is 9.80. The highest BCUT2D eigenvalue weighted by Crippen LogP contribution is 2.30. The van der Waals surface area contributed by atoms with E-state index in [2.05, 4.69) is 6.92 Å². The van der Waals surface area contributed by atoms with Gasteiger partial charge in [0.05, 0.1) is 18.6 Å². The van der Waals surface area contributed by atoms with E-state index in [0.717, 1.165) is 25.7 Å². The molecule has 0 aromatic rings. The minimum absolute atomic E-state index is 0.209. The van der Waals surface area contributed by atoms with Gasteiger partial charge in [-0.15, -0.1) is 0 Å². The van der Waals surface area contributed by atoms with Crippen molar-refractivity contribution in [1.82, 2.24) is 0 Å². The van der Waals surface area contributed by atoms with Crippen LogP contribution in [-0.2, 0) is 9.53 Å². The predicted octanol–water partition coefficient (Wildman–Crippen LogP) is 3.69. The highest BCUT2D eigenvalue weighted by molar-refractivity contribution is 5.73. The summed E-state index contributed by atoms with van der Waals surface area (Å²) in [6.07, 6.45) is 9.46. The molecule has 112 valence electrons. The maximum Gasteiger partial charge on any atom is 0.311 e. The minimum atomic E-state index is -0.517. The van der Waals surface area contributed by atoms with E-state index >= 15 is 0 Å². The number of carbonyl (C=O) groups is 1. The first kappa shape index (κ1) is 16.5. The number of esters is 1. The summed E-state index contributed by atoms with van der Waals surface area (Å²) in [7, 11) is 0. The Labute approximate surface area is 117 Å². The smallest absolute Gasteiger partial charge is 0.311 e. The maximum absolute atomic E-state index is 12.0. The number of aliphatic hydroxyl groups is 1. The molecule has 0 aromatic heterocycles. The molecular weight excluding hydrogens is 240 g/mol. The Hall–Kier alpha value is -0.570. The van der Waals surface area contributed by atoms with Gasteiger partial charge in [-0.2, -0.15) is 0 Å². The van der Waals surface area contributed by atoms with Crippen LogP contribution in [0.3, 0.4) is 0 Å². The summed E-state index contributed by atoms with van der Waals surface area (Å²) in [5, 5.41) is 10.6. The molecule has 0 aliphatic heterocycles. The van der Waals surface area contributed by atoms with E-state index in [4.69, 9.17) is 4.74 Å². The SMILES string of the molecule is CCCC(C(=O)OCC)C(O)C1CCCCCCC1. The molecule has 0 aromatic carbocycles. The Balaban J connectivity index is 2.61. The van der Waals surface area contributed by atoms with Gasteiger partial charge in [0.25, 0.3) is 0 Å². The molecule has 2 atom stereocenters. The van der Waals surface area contributed by atoms with Gasteiger partial charge in [-0.25, -0.2) is 0 Å². The Kier molecular flexibility index (Phi) is 8.11. The third-order valence-corrected chi connectivity index (χ3v) is 4.23. The molecule has 3 heteroatoms. The van der Waals surface area contributed by atoms with Crippen molar-refractivity contribution in [2.45, 2.75) is 77.7 Å². The number of ether oxygens (including phenoxy) is 1. The van der Waals surface area contributed by atoms with Gasteiger partial charge in [-0.05, 0) is 32.1 Å². The van der Waals surface area contributed by atoms with Crippen molar-refractivity contribution in [3.05, 3.63) is 0 Å². The average Bonchev–Trinajstić information content (AvgIpc) is 2.35. The zero-order chi connectivity index (χ0) is 14.1. The number of hydrogen-bond acceptors (Lipinski definition) is 3. The monoisotopic (exact) mass is 270 g/mol. The Morgan fingerprint density at radius 1 is 1.16 bits per heavy atom. The van der Waals surface area contributed by atoms with Crippen LogP contribution in [0.5, 0.6) is 0 Å². The van der Waals surface area contributed by atoms with Crippen LogP contribution in [0.2, 0.25) is 0 Å². The van der Waals surface area contributed by atoms with E-state index in [0.29, 0.717) is 6.61 Å². The molecule has 0 bridgehead atoms. The molecule has 3 nitrogen and oxygen atoms in total. The fourth-order valence-electron chi connectivity index (χ4n) is 3.15. The number of carbonyl (C=O) groups excluding carboxylic acids is 1. The molecule has 0 amide bonds. The second-order valence-corrected chi connectivity index (χ2v) is 5.74. The largest absolute Gasteiger partial charge is 0.466 e. The number of aliphatic hydroxyl groups excluding tert-OH is 1. The van der Waals surface area contributed by atoms with Crippen molar-refractivity contribution in [2.75, 3.05) is 6.61 Å². The lowest BCUT2D eigenvalue weighted by Gasteiger charge is -2.29. The zero-order valence-electron chi connectivity index (χ0n) is 12.6. The summed E-state index contributed by atoms with van der Waals surface area (Å²) >= 11 is 0. The Morgan fingerprint density at radius 3 is 2.26 bits per heavy atom. The van der Waals surface area contributed by atoms with Crippen LogP contribution in [0.15, 0.2) is 0 Å². The third kappa shape index (κ3) is 5.52. The molecule has 0 heterocycles. The van der Waals surface area contributed by atoms with Crippen LogP contribution in [0, 0.1) is 11.8 Å². The molecule has 1 N–H and O–H groups in total. The molecule has 0 spiro atoms. The van der Waals surface area contributed by atoms with E-state index in [1.54, 1.807) is 0 Å². The lowest BCUT2D eigenvalue weighted by Crippen LogP contribution is -2.36. The average molecular weight is 270 g/mol. The maximum atomic E-state index is 12.0. The summed E-state index contributed by atoms with van der Waals surface area (Å²) in [6.45, 7) is 4.27. The lowest BCUT2D eigenvalue weighted by molar-refractivity contribution is -0.154. The second kappa shape index (κ2) is 9.35. The van der Waals surface area contributed by atoms with E-state index in [1.165, 1.54) is 32.1 Å². The normalized spacial score (nSPS) is 21.2. The van der Waals surface area contributed by atoms with Crippen LogP contribution >= 0.6 is 0 Å². The fourth-order valence-corrected chi connectivity index (χ4v) is 3.15. The summed E-state index contributed by atoms with van der Waals surface area (Å²) < 4.78 is 5.13. The molecule has 1 aliphatic rings. The zero-order valence-corrected chi connectivity index (χ0v) is 12.6. The number of hydrogen-bond donors (Lipinski definition) is 1. The van der Waals surface area contributed by atoms with Gasteiger partial charge in [-0.3, -0.25) is 4.79 Å². The first-order chi connectivity index (χ1) is 9.20. The standard InChI is InChI=1S/C16H30O3/c1-3-10-14(16(18)19-4-2)15(17)13-11-8-6-5-7-9-12-13/h13-15,17H,3-12H2,1-2H3. The van der Waals surface area contributed by atoms with Gasteiger partial charge < -0.3 is 9.84 Å². The Morgan fingerprint density at radius 2 is 1.74 bits per heavy atom. The van der Waals surface area contributed by atoms with Crippen molar-refractivity contribution >= 4 is 5.97 Å². The van der Waals surface area contributed by atoms with Crippen molar-refractivity contribution in [3.8, 4) is 0 Å². The van der Waals surface area contributed by atoms with Crippen molar-refractivity contribution in [1.29, 1.82) is 0 Å². The van der Waals surface area contributed by atoms with E-state index < -0.39 is 6.10 Å². The van der Waals surface area contributed by atoms with Gasteiger partial charge >= 0.3 is 5.97 Å². The molecule has 1 saturated carbocycles. The van der Waals surface area contributed by atoms with E-state index in [1.807, 2.05) is 6.92 Å². The molecule has 1 aliphatic carbocycles. The molecule has 1 rings (SSSR count). The van der Waals surface area contributed by atoms with Gasteiger partial charge in [-0.1, -0.05) is 45.4 Å². The van der Waals surface area contributed by atoms with Crippen molar-refractivity contribution < 1.29 is 14.6 Å². The molecule has 2 unspecified atom stereocenters. The van der Waals surface area contributed by atoms with E-state index in [9.17, 15) is 9.90 Å². The third-order valence-electron chi connectivity index (χ3n) is 4.23. The molecule has 0 saturated heterocycles. The predicted molar refractivity (Wildman–Crippen MR) is 76.8 cm³/mol. The fraction of sp³-hybridized carbons (Fsp3) is 0.938. The highest BCUT2D eigenvalue weighted by Gasteiger charge is 2.33. The summed E-state index contributed by atoms with van der Waals surface area (Å²) in [5.41, 5.74) is 0. The topological polar surface area (TPSA) is 46.5 Å². The van der Waals surface area contributed by atoms with Gasteiger partial charge in [0.1, 0.15) is 0 Å². The van der Waals surface area contributed by atoms with Crippen LogP contribution in [0.25, 0.3) is 0 Å². The van der Waals surface area contributed by atoms with Crippen LogP contribution < -0.4 is 0 Å². The minimum Gasteiger partial charge on any atom is -0.466 e. The second-order valence-electron chi connectivity index (χ2n) is 5.74. The van der Waals surface area contributed by atoms with Crippen LogP contribution in [0.4, 0.5) is 0 Å². The molecule has 19 heavy (non-hydrogen) atoms. The quantitative estimate of drug-likeness (QED) is 0.749. The number of rotatable bonds is 6. The Bertz CT molecular complexity index is 244. The van der Waals surface area contributed by atoms with Gasteiger partial charge in [0, 0.05) is 0 Å². The van der Waals surface area contributed by atoms with Crippen LogP contribution in [0.1, 0.15) is 71.6 Å². The van der Waals surface area contributed by atoms with Crippen molar-refractivity contribution in [3.63, 3.8) is 0 Å². The van der Waals surface area contributed by atoms with Gasteiger partial charge in [0.15, 0.2) is 0 Å². The summed E-state index contributed by atoms with van der Waals surface area (Å²) in [6, 6.07) is 0. The van der Waals surface area contributed by atoms with Crippen molar-refractivity contribution in [2.24, 2.45) is 11.8 Å². The summed E-state index contributed by atoms with van der Waals surface area (Å²) in [4.78, 5) is 12.0. The van der Waals surface area contributed by atoms with Crippen LogP contribution in [-0.4, -0.2) is 23.8 Å². The van der Waals surface area contributed by atoms with E-state index in [-0.39, 0.29) is 17.8 Å². The molecular formula is C16H30O3. The summed E-state index contributed by atoms with van der Waals surface area (Å²) in [5.74, 6) is -0.255. The molecule has 1 fully saturated rings. The van der Waals surface area contributed by atoms with Gasteiger partial charge in [0.2, 0.25) is 0 Å². The first-order valence-corrected chi connectivity index (χ1v) is 8.05. The molecule has 0 radical (unpaired) electrons. The first-order valence-electron chi connectivity index (χ1n) is 8.05.